The standard InChI is InChI=1S/C13H21NO3/c1-9-7-12(15-3)13(16-4)8-11(9)10(2)17-6-5-14/h7-8,10H,5-6,14H2,1-4H3. The second-order valence-corrected chi connectivity index (χ2v) is 3.87. The van der Waals surface area contributed by atoms with Gasteiger partial charge in [0.25, 0.3) is 0 Å². The van der Waals surface area contributed by atoms with Crippen molar-refractivity contribution in [1.29, 1.82) is 0 Å². The van der Waals surface area contributed by atoms with Gasteiger partial charge in [0.1, 0.15) is 0 Å². The van der Waals surface area contributed by atoms with Crippen LogP contribution < -0.4 is 15.2 Å². The lowest BCUT2D eigenvalue weighted by molar-refractivity contribution is 0.0711. The van der Waals surface area contributed by atoms with E-state index in [1.165, 1.54) is 0 Å². The number of nitrogens with two attached hydrogens (primary N) is 1. The van der Waals surface area contributed by atoms with Gasteiger partial charge in [-0.05, 0) is 37.1 Å². The Morgan fingerprint density at radius 3 is 2.29 bits per heavy atom. The molecule has 96 valence electrons. The van der Waals surface area contributed by atoms with Crippen molar-refractivity contribution in [3.63, 3.8) is 0 Å². The zero-order valence-electron chi connectivity index (χ0n) is 10.9. The van der Waals surface area contributed by atoms with Gasteiger partial charge in [0.15, 0.2) is 11.5 Å². The van der Waals surface area contributed by atoms with Crippen molar-refractivity contribution in [3.8, 4) is 11.5 Å². The first-order valence-corrected chi connectivity index (χ1v) is 5.68. The van der Waals surface area contributed by atoms with Gasteiger partial charge in [0.2, 0.25) is 0 Å². The van der Waals surface area contributed by atoms with E-state index in [1.807, 2.05) is 26.0 Å². The molecule has 1 aromatic carbocycles. The van der Waals surface area contributed by atoms with E-state index in [9.17, 15) is 0 Å². The largest absolute Gasteiger partial charge is 0.493 e. The minimum atomic E-state index is -0.00152. The third-order valence-electron chi connectivity index (χ3n) is 2.70. The summed E-state index contributed by atoms with van der Waals surface area (Å²) in [6.45, 7) is 5.11. The van der Waals surface area contributed by atoms with Crippen LogP contribution in [0.15, 0.2) is 12.1 Å². The van der Waals surface area contributed by atoms with Gasteiger partial charge in [-0.15, -0.1) is 0 Å². The number of methoxy groups -OCH3 is 2. The fourth-order valence-electron chi connectivity index (χ4n) is 1.77. The predicted octanol–water partition coefficient (Wildman–Crippen LogP) is 2.05. The van der Waals surface area contributed by atoms with Gasteiger partial charge < -0.3 is 19.9 Å². The minimum Gasteiger partial charge on any atom is -0.493 e. The molecule has 2 N–H and O–H groups in total. The molecule has 0 aliphatic rings. The van der Waals surface area contributed by atoms with Crippen LogP contribution in [0.1, 0.15) is 24.2 Å². The molecule has 0 fully saturated rings. The molecule has 0 saturated heterocycles. The normalized spacial score (nSPS) is 12.3. The zero-order valence-corrected chi connectivity index (χ0v) is 10.9. The molecule has 1 atom stereocenters. The van der Waals surface area contributed by atoms with Crippen LogP contribution in [0.4, 0.5) is 0 Å². The highest BCUT2D eigenvalue weighted by molar-refractivity contribution is 5.47. The quantitative estimate of drug-likeness (QED) is 0.825. The van der Waals surface area contributed by atoms with E-state index in [2.05, 4.69) is 0 Å². The van der Waals surface area contributed by atoms with E-state index in [1.54, 1.807) is 14.2 Å². The second-order valence-electron chi connectivity index (χ2n) is 3.87. The summed E-state index contributed by atoms with van der Waals surface area (Å²) >= 11 is 0. The van der Waals surface area contributed by atoms with Gasteiger partial charge in [-0.25, -0.2) is 0 Å². The SMILES string of the molecule is COc1cc(C)c(C(C)OCCN)cc1OC. The van der Waals surface area contributed by atoms with Crippen LogP contribution in [0.3, 0.4) is 0 Å². The highest BCUT2D eigenvalue weighted by atomic mass is 16.5. The number of benzene rings is 1. The van der Waals surface area contributed by atoms with Crippen molar-refractivity contribution in [2.75, 3.05) is 27.4 Å². The third kappa shape index (κ3) is 3.35. The molecule has 0 radical (unpaired) electrons. The van der Waals surface area contributed by atoms with E-state index in [4.69, 9.17) is 19.9 Å². The van der Waals surface area contributed by atoms with E-state index >= 15 is 0 Å². The molecule has 0 bridgehead atoms. The molecule has 0 spiro atoms. The molecule has 4 nitrogen and oxygen atoms in total. The first-order chi connectivity index (χ1) is 8.13. The minimum absolute atomic E-state index is 0.00152. The molecule has 1 unspecified atom stereocenters. The van der Waals surface area contributed by atoms with Crippen LogP contribution in [0.5, 0.6) is 11.5 Å². The summed E-state index contributed by atoms with van der Waals surface area (Å²) in [6, 6.07) is 3.91. The Hall–Kier alpha value is -1.26. The van der Waals surface area contributed by atoms with Crippen LogP contribution in [-0.4, -0.2) is 27.4 Å². The lowest BCUT2D eigenvalue weighted by Crippen LogP contribution is -2.11. The Bertz CT molecular complexity index is 366. The maximum Gasteiger partial charge on any atom is 0.161 e. The lowest BCUT2D eigenvalue weighted by atomic mass is 10.0. The van der Waals surface area contributed by atoms with Gasteiger partial charge in [0, 0.05) is 6.54 Å². The Kier molecular flexibility index (Phi) is 5.25. The fraction of sp³-hybridized carbons (Fsp3) is 0.538. The van der Waals surface area contributed by atoms with E-state index in [-0.39, 0.29) is 6.10 Å². The lowest BCUT2D eigenvalue weighted by Gasteiger charge is -2.18. The van der Waals surface area contributed by atoms with Crippen LogP contribution in [0, 0.1) is 6.92 Å². The van der Waals surface area contributed by atoms with Gasteiger partial charge in [-0.2, -0.15) is 0 Å². The first kappa shape index (κ1) is 13.8. The maximum absolute atomic E-state index is 5.61. The van der Waals surface area contributed by atoms with Crippen molar-refractivity contribution in [1.82, 2.24) is 0 Å². The molecule has 4 heteroatoms. The molecule has 0 heterocycles. The van der Waals surface area contributed by atoms with E-state index < -0.39 is 0 Å². The monoisotopic (exact) mass is 239 g/mol. The highest BCUT2D eigenvalue weighted by Crippen LogP contribution is 2.33. The summed E-state index contributed by atoms with van der Waals surface area (Å²) in [5.74, 6) is 1.45. The average molecular weight is 239 g/mol. The van der Waals surface area contributed by atoms with Crippen molar-refractivity contribution in [2.24, 2.45) is 5.73 Å². The number of hydrogen-bond acceptors (Lipinski definition) is 4. The number of hydrogen-bond donors (Lipinski definition) is 1. The summed E-state index contributed by atoms with van der Waals surface area (Å²) in [4.78, 5) is 0. The van der Waals surface area contributed by atoms with Crippen LogP contribution in [-0.2, 0) is 4.74 Å². The summed E-state index contributed by atoms with van der Waals surface area (Å²) in [5.41, 5.74) is 7.64. The Labute approximate surface area is 103 Å². The molecule has 0 aliphatic carbocycles. The number of ether oxygens (including phenoxy) is 3. The van der Waals surface area contributed by atoms with Crippen LogP contribution in [0.25, 0.3) is 0 Å². The molecule has 1 aromatic rings. The van der Waals surface area contributed by atoms with Crippen molar-refractivity contribution in [2.45, 2.75) is 20.0 Å². The number of aryl methyl sites for hydroxylation is 1. The molecule has 0 saturated carbocycles. The van der Waals surface area contributed by atoms with Gasteiger partial charge in [-0.1, -0.05) is 0 Å². The van der Waals surface area contributed by atoms with Gasteiger partial charge in [0.05, 0.1) is 26.9 Å². The molecule has 0 amide bonds. The highest BCUT2D eigenvalue weighted by Gasteiger charge is 2.13. The predicted molar refractivity (Wildman–Crippen MR) is 67.7 cm³/mol. The topological polar surface area (TPSA) is 53.7 Å². The summed E-state index contributed by atoms with van der Waals surface area (Å²) < 4.78 is 16.1. The Morgan fingerprint density at radius 1 is 1.18 bits per heavy atom. The number of rotatable bonds is 6. The van der Waals surface area contributed by atoms with Crippen molar-refractivity contribution in [3.05, 3.63) is 23.3 Å². The Balaban J connectivity index is 2.99. The second kappa shape index (κ2) is 6.47. The maximum atomic E-state index is 5.61. The van der Waals surface area contributed by atoms with Gasteiger partial charge >= 0.3 is 0 Å². The Morgan fingerprint density at radius 2 is 1.76 bits per heavy atom. The average Bonchev–Trinajstić information content (AvgIpc) is 2.35. The molecule has 0 aromatic heterocycles. The summed E-state index contributed by atoms with van der Waals surface area (Å²) in [5, 5.41) is 0. The van der Waals surface area contributed by atoms with E-state index in [0.717, 1.165) is 22.6 Å². The van der Waals surface area contributed by atoms with Crippen LogP contribution in [0.2, 0.25) is 0 Å². The van der Waals surface area contributed by atoms with Crippen molar-refractivity contribution >= 4 is 0 Å². The first-order valence-electron chi connectivity index (χ1n) is 5.68. The van der Waals surface area contributed by atoms with E-state index in [0.29, 0.717) is 13.2 Å². The third-order valence-corrected chi connectivity index (χ3v) is 2.70. The molecule has 17 heavy (non-hydrogen) atoms. The summed E-state index contributed by atoms with van der Waals surface area (Å²) in [6.07, 6.45) is -0.00152. The molecule has 0 aliphatic heterocycles. The molecular weight excluding hydrogens is 218 g/mol. The van der Waals surface area contributed by atoms with Crippen LogP contribution >= 0.6 is 0 Å². The zero-order chi connectivity index (χ0) is 12.8. The fourth-order valence-corrected chi connectivity index (χ4v) is 1.77. The van der Waals surface area contributed by atoms with Crippen molar-refractivity contribution < 1.29 is 14.2 Å². The smallest absolute Gasteiger partial charge is 0.161 e. The molecule has 1 rings (SSSR count). The van der Waals surface area contributed by atoms with Gasteiger partial charge in [-0.3, -0.25) is 0 Å². The summed E-state index contributed by atoms with van der Waals surface area (Å²) in [7, 11) is 3.26. The molecular formula is C13H21NO3.